The van der Waals surface area contributed by atoms with Gasteiger partial charge in [0.15, 0.2) is 0 Å². The topological polar surface area (TPSA) is 44.1 Å². The Morgan fingerprint density at radius 2 is 2.24 bits per heavy atom. The molecule has 17 heavy (non-hydrogen) atoms. The second-order valence-electron chi connectivity index (χ2n) is 4.52. The normalized spacial score (nSPS) is 19.4. The summed E-state index contributed by atoms with van der Waals surface area (Å²) in [6.07, 6.45) is 1.70. The maximum Gasteiger partial charge on any atom is 0.223 e. The standard InChI is InChI=1S/C14H16N2O/c1-2-11-7-14(17)16(9-11)10-13-6-4-3-5-12(13)8-15/h3-6,11H,2,7,9-10H2,1H3. The molecule has 1 unspecified atom stereocenters. The molecular formula is C14H16N2O. The predicted molar refractivity (Wildman–Crippen MR) is 65.0 cm³/mol. The first-order chi connectivity index (χ1) is 8.24. The number of carbonyl (C=O) groups is 1. The molecule has 3 heteroatoms. The zero-order valence-electron chi connectivity index (χ0n) is 10.0. The van der Waals surface area contributed by atoms with E-state index < -0.39 is 0 Å². The minimum Gasteiger partial charge on any atom is -0.338 e. The van der Waals surface area contributed by atoms with Gasteiger partial charge in [0.05, 0.1) is 11.6 Å². The molecule has 2 rings (SSSR count). The summed E-state index contributed by atoms with van der Waals surface area (Å²) in [5, 5.41) is 9.00. The summed E-state index contributed by atoms with van der Waals surface area (Å²) >= 11 is 0. The van der Waals surface area contributed by atoms with Gasteiger partial charge in [0.25, 0.3) is 0 Å². The third kappa shape index (κ3) is 2.47. The molecule has 0 radical (unpaired) electrons. The largest absolute Gasteiger partial charge is 0.338 e. The van der Waals surface area contributed by atoms with Crippen LogP contribution in [0.25, 0.3) is 0 Å². The second-order valence-corrected chi connectivity index (χ2v) is 4.52. The van der Waals surface area contributed by atoms with Gasteiger partial charge in [-0.25, -0.2) is 0 Å². The lowest BCUT2D eigenvalue weighted by molar-refractivity contribution is -0.128. The number of nitriles is 1. The van der Waals surface area contributed by atoms with Gasteiger partial charge in [0, 0.05) is 19.5 Å². The Morgan fingerprint density at radius 3 is 2.88 bits per heavy atom. The summed E-state index contributed by atoms with van der Waals surface area (Å²) < 4.78 is 0. The molecular weight excluding hydrogens is 212 g/mol. The van der Waals surface area contributed by atoms with E-state index >= 15 is 0 Å². The number of carbonyl (C=O) groups excluding carboxylic acids is 1. The first-order valence-electron chi connectivity index (χ1n) is 6.00. The van der Waals surface area contributed by atoms with Gasteiger partial charge < -0.3 is 4.90 Å². The minimum atomic E-state index is 0.213. The molecule has 1 saturated heterocycles. The lowest BCUT2D eigenvalue weighted by Crippen LogP contribution is -2.24. The number of rotatable bonds is 3. The highest BCUT2D eigenvalue weighted by molar-refractivity contribution is 5.78. The average Bonchev–Trinajstić information content (AvgIpc) is 2.71. The SMILES string of the molecule is CCC1CC(=O)N(Cc2ccccc2C#N)C1. The van der Waals surface area contributed by atoms with Gasteiger partial charge in [-0.05, 0) is 17.5 Å². The maximum absolute atomic E-state index is 11.8. The number of amides is 1. The molecule has 0 aliphatic carbocycles. The van der Waals surface area contributed by atoms with Gasteiger partial charge in [-0.2, -0.15) is 5.26 Å². The zero-order chi connectivity index (χ0) is 12.3. The van der Waals surface area contributed by atoms with Crippen molar-refractivity contribution in [2.24, 2.45) is 5.92 Å². The highest BCUT2D eigenvalue weighted by atomic mass is 16.2. The van der Waals surface area contributed by atoms with Crippen LogP contribution in [0.1, 0.15) is 30.9 Å². The molecule has 1 aromatic rings. The van der Waals surface area contributed by atoms with Crippen molar-refractivity contribution in [3.8, 4) is 6.07 Å². The lowest BCUT2D eigenvalue weighted by Gasteiger charge is -2.17. The molecule has 1 atom stereocenters. The van der Waals surface area contributed by atoms with Gasteiger partial charge in [0.2, 0.25) is 5.91 Å². The quantitative estimate of drug-likeness (QED) is 0.796. The van der Waals surface area contributed by atoms with Crippen molar-refractivity contribution in [1.29, 1.82) is 5.26 Å². The van der Waals surface area contributed by atoms with E-state index in [1.807, 2.05) is 23.1 Å². The summed E-state index contributed by atoms with van der Waals surface area (Å²) in [4.78, 5) is 13.7. The van der Waals surface area contributed by atoms with E-state index in [0.29, 0.717) is 24.4 Å². The molecule has 88 valence electrons. The number of benzene rings is 1. The summed E-state index contributed by atoms with van der Waals surface area (Å²) in [6, 6.07) is 9.65. The summed E-state index contributed by atoms with van der Waals surface area (Å²) in [5.41, 5.74) is 1.61. The third-order valence-electron chi connectivity index (χ3n) is 3.37. The summed E-state index contributed by atoms with van der Waals surface area (Å²) in [6.45, 7) is 3.51. The van der Waals surface area contributed by atoms with Crippen LogP contribution in [-0.2, 0) is 11.3 Å². The molecule has 1 aliphatic rings. The van der Waals surface area contributed by atoms with E-state index in [2.05, 4.69) is 13.0 Å². The first kappa shape index (κ1) is 11.7. The van der Waals surface area contributed by atoms with Crippen LogP contribution in [0.4, 0.5) is 0 Å². The maximum atomic E-state index is 11.8. The molecule has 3 nitrogen and oxygen atoms in total. The Hall–Kier alpha value is -1.82. The van der Waals surface area contributed by atoms with E-state index in [4.69, 9.17) is 5.26 Å². The van der Waals surface area contributed by atoms with Gasteiger partial charge >= 0.3 is 0 Å². The van der Waals surface area contributed by atoms with Crippen molar-refractivity contribution in [1.82, 2.24) is 4.90 Å². The van der Waals surface area contributed by atoms with Gasteiger partial charge in [-0.3, -0.25) is 4.79 Å². The lowest BCUT2D eigenvalue weighted by atomic mass is 10.1. The second kappa shape index (κ2) is 5.01. The Balaban J connectivity index is 2.12. The Morgan fingerprint density at radius 1 is 1.47 bits per heavy atom. The molecule has 0 N–H and O–H groups in total. The fourth-order valence-electron chi connectivity index (χ4n) is 2.25. The van der Waals surface area contributed by atoms with Crippen molar-refractivity contribution in [3.63, 3.8) is 0 Å². The van der Waals surface area contributed by atoms with Crippen LogP contribution in [0.5, 0.6) is 0 Å². The fourth-order valence-corrected chi connectivity index (χ4v) is 2.25. The van der Waals surface area contributed by atoms with Crippen LogP contribution in [-0.4, -0.2) is 17.4 Å². The monoisotopic (exact) mass is 228 g/mol. The molecule has 1 amide bonds. The molecule has 1 aliphatic heterocycles. The van der Waals surface area contributed by atoms with Crippen molar-refractivity contribution >= 4 is 5.91 Å². The van der Waals surface area contributed by atoms with Crippen LogP contribution in [0.2, 0.25) is 0 Å². The van der Waals surface area contributed by atoms with E-state index in [1.54, 1.807) is 6.07 Å². The zero-order valence-corrected chi connectivity index (χ0v) is 10.0. The number of hydrogen-bond donors (Lipinski definition) is 0. The van der Waals surface area contributed by atoms with Crippen molar-refractivity contribution < 1.29 is 4.79 Å². The van der Waals surface area contributed by atoms with Crippen LogP contribution in [0.3, 0.4) is 0 Å². The fraction of sp³-hybridized carbons (Fsp3) is 0.429. The smallest absolute Gasteiger partial charge is 0.223 e. The Labute approximate surface area is 102 Å². The van der Waals surface area contributed by atoms with E-state index in [9.17, 15) is 4.79 Å². The van der Waals surface area contributed by atoms with E-state index in [0.717, 1.165) is 18.5 Å². The molecule has 1 heterocycles. The van der Waals surface area contributed by atoms with Crippen LogP contribution in [0.15, 0.2) is 24.3 Å². The third-order valence-corrected chi connectivity index (χ3v) is 3.37. The highest BCUT2D eigenvalue weighted by Gasteiger charge is 2.28. The van der Waals surface area contributed by atoms with Crippen molar-refractivity contribution in [2.75, 3.05) is 6.54 Å². The molecule has 0 aromatic heterocycles. The van der Waals surface area contributed by atoms with Crippen molar-refractivity contribution in [3.05, 3.63) is 35.4 Å². The average molecular weight is 228 g/mol. The Bertz CT molecular complexity index is 462. The molecule has 0 spiro atoms. The van der Waals surface area contributed by atoms with Crippen LogP contribution < -0.4 is 0 Å². The van der Waals surface area contributed by atoms with Crippen LogP contribution in [0, 0.1) is 17.2 Å². The summed E-state index contributed by atoms with van der Waals surface area (Å²) in [7, 11) is 0. The molecule has 1 fully saturated rings. The molecule has 0 bridgehead atoms. The van der Waals surface area contributed by atoms with Crippen LogP contribution >= 0.6 is 0 Å². The number of hydrogen-bond acceptors (Lipinski definition) is 2. The van der Waals surface area contributed by atoms with E-state index in [-0.39, 0.29) is 5.91 Å². The van der Waals surface area contributed by atoms with Gasteiger partial charge in [-0.15, -0.1) is 0 Å². The van der Waals surface area contributed by atoms with E-state index in [1.165, 1.54) is 0 Å². The predicted octanol–water partition coefficient (Wildman–Crippen LogP) is 2.32. The first-order valence-corrected chi connectivity index (χ1v) is 6.00. The van der Waals surface area contributed by atoms with Crippen molar-refractivity contribution in [2.45, 2.75) is 26.3 Å². The summed E-state index contributed by atoms with van der Waals surface area (Å²) in [5.74, 6) is 0.696. The highest BCUT2D eigenvalue weighted by Crippen LogP contribution is 2.23. The molecule has 1 aromatic carbocycles. The molecule has 0 saturated carbocycles. The Kier molecular flexibility index (Phi) is 3.43. The van der Waals surface area contributed by atoms with Gasteiger partial charge in [-0.1, -0.05) is 31.5 Å². The minimum absolute atomic E-state index is 0.213. The van der Waals surface area contributed by atoms with Gasteiger partial charge in [0.1, 0.15) is 0 Å². The number of likely N-dealkylation sites (tertiary alicyclic amines) is 1. The number of nitrogens with zero attached hydrogens (tertiary/aromatic N) is 2.